The van der Waals surface area contributed by atoms with Gasteiger partial charge in [0.25, 0.3) is 0 Å². The number of rotatable bonds is 4. The van der Waals surface area contributed by atoms with Crippen molar-refractivity contribution in [2.75, 3.05) is 0 Å². The molecule has 8 nitrogen and oxygen atoms in total. The molecule has 2 aromatic carbocycles. The molecule has 0 saturated heterocycles. The number of benzene rings is 2. The predicted octanol–water partition coefficient (Wildman–Crippen LogP) is 7.84. The van der Waals surface area contributed by atoms with Gasteiger partial charge in [0.05, 0.1) is 49.4 Å². The summed E-state index contributed by atoms with van der Waals surface area (Å²) in [4.78, 5) is 38.2. The average Bonchev–Trinajstić information content (AvgIpc) is 2.88. The quantitative estimate of drug-likeness (QED) is 0.174. The zero-order valence-electron chi connectivity index (χ0n) is 18.9. The Balaban J connectivity index is 0.000000234. The minimum Gasteiger partial charge on any atom is -0.478 e. The van der Waals surface area contributed by atoms with Crippen LogP contribution in [-0.2, 0) is 9.23 Å². The van der Waals surface area contributed by atoms with Crippen molar-refractivity contribution in [3.63, 3.8) is 0 Å². The molecule has 38 heavy (non-hydrogen) atoms. The third-order valence-electron chi connectivity index (χ3n) is 4.45. The Kier molecular flexibility index (Phi) is 12.8. The summed E-state index contributed by atoms with van der Waals surface area (Å²) in [5, 5.41) is 9.61. The molecule has 0 aliphatic carbocycles. The first kappa shape index (κ1) is 31.8. The van der Waals surface area contributed by atoms with Crippen LogP contribution in [0.2, 0.25) is 20.1 Å². The van der Waals surface area contributed by atoms with E-state index in [2.05, 4.69) is 41.3 Å². The van der Waals surface area contributed by atoms with E-state index in [1.165, 1.54) is 31.6 Å². The van der Waals surface area contributed by atoms with Crippen LogP contribution in [0.25, 0.3) is 22.5 Å². The minimum atomic E-state index is -1.67. The Labute approximate surface area is 248 Å². The topological polar surface area (TPSA) is 123 Å². The molecule has 0 atom stereocenters. The van der Waals surface area contributed by atoms with Crippen LogP contribution in [0.15, 0.2) is 61.4 Å². The summed E-state index contributed by atoms with van der Waals surface area (Å²) >= 11 is 24.1. The van der Waals surface area contributed by atoms with Crippen LogP contribution in [0.4, 0.5) is 0 Å². The van der Waals surface area contributed by atoms with Gasteiger partial charge in [-0.25, -0.2) is 9.00 Å². The van der Waals surface area contributed by atoms with Crippen molar-refractivity contribution in [1.82, 2.24) is 19.9 Å². The number of carboxylic acid groups (broad SMARTS) is 1. The zero-order chi connectivity index (χ0) is 28.4. The molecule has 2 aromatic heterocycles. The molecule has 0 unspecified atom stereocenters. The number of Topliss-reactive ketones (excluding diaryl/α,β-unsaturated/α-hetero) is 1. The lowest BCUT2D eigenvalue weighted by Gasteiger charge is -2.07. The second kappa shape index (κ2) is 15.3. The largest absolute Gasteiger partial charge is 0.478 e. The highest BCUT2D eigenvalue weighted by Crippen LogP contribution is 2.36. The lowest BCUT2D eigenvalue weighted by Crippen LogP contribution is -1.98. The van der Waals surface area contributed by atoms with Crippen molar-refractivity contribution in [3.8, 4) is 22.5 Å². The number of carbonyl (C=O) groups excluding carboxylic acids is 1. The van der Waals surface area contributed by atoms with Gasteiger partial charge in [0.1, 0.15) is 0 Å². The SMILES string of the molecule is CC(=O)c1ccc(-c2cnccn2)c(Cl)c1Cl.O=C(O)c1ccc(-c2cnccn2)c(Cl)c1Cl.O=S(Cl)Cl. The van der Waals surface area contributed by atoms with E-state index in [0.29, 0.717) is 33.1 Å². The van der Waals surface area contributed by atoms with Crippen LogP contribution in [0, 0.1) is 0 Å². The molecule has 2 heterocycles. The van der Waals surface area contributed by atoms with E-state index in [1.807, 2.05) is 0 Å². The predicted molar refractivity (Wildman–Crippen MR) is 152 cm³/mol. The fraction of sp³-hybridized carbons (Fsp3) is 0.0435. The van der Waals surface area contributed by atoms with Crippen molar-refractivity contribution >= 4 is 88.7 Å². The van der Waals surface area contributed by atoms with E-state index < -0.39 is 15.2 Å². The van der Waals surface area contributed by atoms with Gasteiger partial charge in [-0.05, 0) is 19.1 Å². The fourth-order valence-corrected chi connectivity index (χ4v) is 3.87. The van der Waals surface area contributed by atoms with E-state index >= 15 is 0 Å². The number of ketones is 1. The summed E-state index contributed by atoms with van der Waals surface area (Å²) in [5.74, 6) is -1.25. The van der Waals surface area contributed by atoms with Gasteiger partial charge in [0.2, 0.25) is 9.23 Å². The molecule has 0 fully saturated rings. The summed E-state index contributed by atoms with van der Waals surface area (Å²) in [6, 6.07) is 6.30. The molecular weight excluding hydrogens is 641 g/mol. The summed E-state index contributed by atoms with van der Waals surface area (Å²) in [7, 11) is 7.36. The lowest BCUT2D eigenvalue weighted by atomic mass is 10.1. The molecule has 198 valence electrons. The molecular formula is C23H14Cl6N4O4S. The van der Waals surface area contributed by atoms with E-state index in [0.717, 1.165) is 0 Å². The van der Waals surface area contributed by atoms with Crippen molar-refractivity contribution < 1.29 is 18.9 Å². The van der Waals surface area contributed by atoms with Gasteiger partial charge in [0.15, 0.2) is 5.78 Å². The van der Waals surface area contributed by atoms with Gasteiger partial charge in [-0.3, -0.25) is 24.7 Å². The van der Waals surface area contributed by atoms with Crippen LogP contribution in [0.5, 0.6) is 0 Å². The van der Waals surface area contributed by atoms with Crippen LogP contribution >= 0.6 is 67.8 Å². The Bertz CT molecular complexity index is 1350. The second-order valence-electron chi connectivity index (χ2n) is 6.80. The molecule has 0 amide bonds. The molecule has 4 aromatic rings. The smallest absolute Gasteiger partial charge is 0.337 e. The number of hydrogen-bond acceptors (Lipinski definition) is 7. The molecule has 0 bridgehead atoms. The van der Waals surface area contributed by atoms with Gasteiger partial charge in [-0.1, -0.05) is 58.5 Å². The molecule has 4 rings (SSSR count). The lowest BCUT2D eigenvalue weighted by molar-refractivity contribution is 0.0697. The minimum absolute atomic E-state index is 0.00215. The highest BCUT2D eigenvalue weighted by atomic mass is 36.0. The van der Waals surface area contributed by atoms with Crippen molar-refractivity contribution in [2.24, 2.45) is 0 Å². The molecule has 0 radical (unpaired) electrons. The van der Waals surface area contributed by atoms with Crippen molar-refractivity contribution in [2.45, 2.75) is 6.92 Å². The van der Waals surface area contributed by atoms with Crippen LogP contribution in [0.3, 0.4) is 0 Å². The summed E-state index contributed by atoms with van der Waals surface area (Å²) < 4.78 is 9.09. The van der Waals surface area contributed by atoms with Gasteiger partial charge >= 0.3 is 5.97 Å². The van der Waals surface area contributed by atoms with Gasteiger partial charge in [-0.15, -0.1) is 0 Å². The Morgan fingerprint density at radius 3 is 1.45 bits per heavy atom. The fourth-order valence-electron chi connectivity index (χ4n) is 2.81. The summed E-state index contributed by atoms with van der Waals surface area (Å²) in [5.41, 5.74) is 2.74. The monoisotopic (exact) mass is 652 g/mol. The third-order valence-corrected chi connectivity index (χ3v) is 6.22. The molecule has 15 heteroatoms. The molecule has 1 N–H and O–H groups in total. The zero-order valence-corrected chi connectivity index (χ0v) is 24.3. The number of hydrogen-bond donors (Lipinski definition) is 1. The second-order valence-corrected chi connectivity index (χ2v) is 10.8. The van der Waals surface area contributed by atoms with E-state index in [9.17, 15) is 9.59 Å². The first-order chi connectivity index (χ1) is 18.0. The number of nitrogens with zero attached hydrogens (tertiary/aromatic N) is 4. The molecule has 0 spiro atoms. The number of aromatic carboxylic acids is 1. The van der Waals surface area contributed by atoms with Gasteiger partial charge in [0, 0.05) is 62.8 Å². The van der Waals surface area contributed by atoms with Crippen molar-refractivity contribution in [1.29, 1.82) is 0 Å². The summed E-state index contributed by atoms with van der Waals surface area (Å²) in [6.45, 7) is 1.44. The third kappa shape index (κ3) is 8.84. The molecule has 0 aliphatic rings. The normalized spacial score (nSPS) is 10.1. The van der Waals surface area contributed by atoms with Gasteiger partial charge < -0.3 is 5.11 Å². The Morgan fingerprint density at radius 1 is 0.711 bits per heavy atom. The highest BCUT2D eigenvalue weighted by molar-refractivity contribution is 8.26. The van der Waals surface area contributed by atoms with E-state index in [1.54, 1.807) is 36.8 Å². The standard InChI is InChI=1S/C12H8Cl2N2O.C11H6Cl2N2O2.Cl2OS/c1-7(17)8-2-3-9(12(14)11(8)13)10-6-15-4-5-16-10;12-9-6(8-5-14-3-4-15-8)1-2-7(10(9)13)11(16)17;1-4(2)3/h2-6H,1H3;1-5H,(H,16,17);. The van der Waals surface area contributed by atoms with Crippen LogP contribution in [0.1, 0.15) is 27.6 Å². The number of aromatic nitrogens is 4. The first-order valence-electron chi connectivity index (χ1n) is 9.92. The number of carbonyl (C=O) groups is 2. The first-order valence-corrected chi connectivity index (χ1v) is 14.2. The Hall–Kier alpha value is -2.37. The molecule has 0 saturated carbocycles. The number of carboxylic acids is 1. The average molecular weight is 655 g/mol. The maximum atomic E-state index is 11.3. The number of halogens is 6. The summed E-state index contributed by atoms with van der Waals surface area (Å²) in [6.07, 6.45) is 9.31. The van der Waals surface area contributed by atoms with Crippen LogP contribution < -0.4 is 0 Å². The van der Waals surface area contributed by atoms with E-state index in [4.69, 9.17) is 55.7 Å². The maximum Gasteiger partial charge on any atom is 0.337 e. The van der Waals surface area contributed by atoms with Crippen LogP contribution in [-0.4, -0.2) is 41.0 Å². The van der Waals surface area contributed by atoms with E-state index in [-0.39, 0.29) is 26.4 Å². The maximum absolute atomic E-state index is 11.3. The highest BCUT2D eigenvalue weighted by Gasteiger charge is 2.16. The van der Waals surface area contributed by atoms with Crippen molar-refractivity contribution in [3.05, 3.63) is 92.7 Å². The Morgan fingerprint density at radius 2 is 1.11 bits per heavy atom. The van der Waals surface area contributed by atoms with Gasteiger partial charge in [-0.2, -0.15) is 0 Å². The molecule has 0 aliphatic heterocycles.